The average molecular weight is 410 g/mol. The fraction of sp³-hybridized carbons (Fsp3) is 0.120. The smallest absolute Gasteiger partial charge is 0.271 e. The van der Waals surface area contributed by atoms with Gasteiger partial charge in [-0.15, -0.1) is 0 Å². The predicted octanol–water partition coefficient (Wildman–Crippen LogP) is 3.91. The van der Waals surface area contributed by atoms with Crippen molar-refractivity contribution in [2.24, 2.45) is 4.99 Å². The highest BCUT2D eigenvalue weighted by Gasteiger charge is 2.32. The van der Waals surface area contributed by atoms with Crippen LogP contribution in [0.25, 0.3) is 11.8 Å². The summed E-state index contributed by atoms with van der Waals surface area (Å²) in [4.78, 5) is 19.2. The highest BCUT2D eigenvalue weighted by molar-refractivity contribution is 7.07. The molecule has 2 aliphatic rings. The molecule has 1 atom stereocenters. The Balaban J connectivity index is 1.66. The van der Waals surface area contributed by atoms with Gasteiger partial charge >= 0.3 is 0 Å². The SMILES string of the molecule is O=c1/c(=C/c2ccco2)sc2n1[C@H](c1ccccc1)C1=C(N=2)c2ccccc2CC1. The van der Waals surface area contributed by atoms with Crippen molar-refractivity contribution in [2.75, 3.05) is 0 Å². The van der Waals surface area contributed by atoms with Gasteiger partial charge in [-0.3, -0.25) is 9.36 Å². The summed E-state index contributed by atoms with van der Waals surface area (Å²) in [6.45, 7) is 0. The molecule has 6 rings (SSSR count). The van der Waals surface area contributed by atoms with Crippen molar-refractivity contribution >= 4 is 23.1 Å². The maximum absolute atomic E-state index is 13.5. The first kappa shape index (κ1) is 17.4. The van der Waals surface area contributed by atoms with Gasteiger partial charge < -0.3 is 4.42 Å². The van der Waals surface area contributed by atoms with E-state index in [1.165, 1.54) is 28.0 Å². The summed E-state index contributed by atoms with van der Waals surface area (Å²) in [6.07, 6.45) is 5.29. The summed E-state index contributed by atoms with van der Waals surface area (Å²) >= 11 is 1.42. The summed E-state index contributed by atoms with van der Waals surface area (Å²) in [5.41, 5.74) is 5.85. The van der Waals surface area contributed by atoms with Crippen LogP contribution in [0, 0.1) is 0 Å². The molecular weight excluding hydrogens is 392 g/mol. The lowest BCUT2D eigenvalue weighted by Crippen LogP contribution is -2.38. The summed E-state index contributed by atoms with van der Waals surface area (Å²) in [5, 5.41) is 0. The van der Waals surface area contributed by atoms with Gasteiger partial charge in [-0.1, -0.05) is 65.9 Å². The molecule has 0 spiro atoms. The molecule has 4 aromatic rings. The molecule has 0 unspecified atom stereocenters. The van der Waals surface area contributed by atoms with Crippen molar-refractivity contribution in [1.29, 1.82) is 0 Å². The predicted molar refractivity (Wildman–Crippen MR) is 118 cm³/mol. The van der Waals surface area contributed by atoms with Crippen LogP contribution in [0.4, 0.5) is 0 Å². The average Bonchev–Trinajstić information content (AvgIpc) is 3.41. The van der Waals surface area contributed by atoms with Crippen molar-refractivity contribution in [1.82, 2.24) is 4.57 Å². The van der Waals surface area contributed by atoms with Crippen LogP contribution in [0.15, 0.2) is 92.8 Å². The molecule has 0 saturated carbocycles. The van der Waals surface area contributed by atoms with Crippen molar-refractivity contribution in [2.45, 2.75) is 18.9 Å². The molecule has 2 aromatic carbocycles. The zero-order valence-electron chi connectivity index (χ0n) is 16.1. The number of aromatic nitrogens is 1. The van der Waals surface area contributed by atoms with Gasteiger partial charge in [0, 0.05) is 11.6 Å². The number of hydrogen-bond donors (Lipinski definition) is 0. The first-order chi connectivity index (χ1) is 14.8. The molecule has 3 heterocycles. The van der Waals surface area contributed by atoms with Crippen LogP contribution >= 0.6 is 11.3 Å². The Morgan fingerprint density at radius 3 is 2.67 bits per heavy atom. The second kappa shape index (κ2) is 6.82. The lowest BCUT2D eigenvalue weighted by atomic mass is 9.83. The lowest BCUT2D eigenvalue weighted by molar-refractivity contribution is 0.556. The summed E-state index contributed by atoms with van der Waals surface area (Å²) in [6, 6.07) is 22.3. The van der Waals surface area contributed by atoms with Crippen LogP contribution in [0.3, 0.4) is 0 Å². The minimum Gasteiger partial charge on any atom is -0.465 e. The summed E-state index contributed by atoms with van der Waals surface area (Å²) in [7, 11) is 0. The van der Waals surface area contributed by atoms with Crippen LogP contribution in [-0.2, 0) is 6.42 Å². The van der Waals surface area contributed by atoms with Crippen LogP contribution in [-0.4, -0.2) is 4.57 Å². The van der Waals surface area contributed by atoms with Gasteiger partial charge in [-0.25, -0.2) is 4.99 Å². The monoisotopic (exact) mass is 410 g/mol. The highest BCUT2D eigenvalue weighted by atomic mass is 32.1. The molecule has 0 saturated heterocycles. The van der Waals surface area contributed by atoms with E-state index in [1.807, 2.05) is 41.0 Å². The van der Waals surface area contributed by atoms with E-state index in [9.17, 15) is 4.79 Å². The number of nitrogens with zero attached hydrogens (tertiary/aromatic N) is 2. The minimum absolute atomic E-state index is 0.0191. The van der Waals surface area contributed by atoms with Gasteiger partial charge in [0.2, 0.25) is 0 Å². The third kappa shape index (κ3) is 2.66. The number of aryl methyl sites for hydroxylation is 1. The van der Waals surface area contributed by atoms with E-state index in [0.29, 0.717) is 10.3 Å². The Kier molecular flexibility index (Phi) is 3.96. The number of furan rings is 1. The molecule has 0 amide bonds. The van der Waals surface area contributed by atoms with E-state index in [4.69, 9.17) is 9.41 Å². The number of rotatable bonds is 2. The second-order valence-corrected chi connectivity index (χ2v) is 8.55. The molecule has 30 heavy (non-hydrogen) atoms. The van der Waals surface area contributed by atoms with Crippen LogP contribution < -0.4 is 14.9 Å². The standard InChI is InChI=1S/C25H18N2O2S/c28-24-21(15-18-10-6-14-29-18)30-25-26-22-19-11-5-4-7-16(19)12-13-20(22)23(27(24)25)17-8-2-1-3-9-17/h1-11,14-15,23H,12-13H2/b21-15-/t23-/m1/s1. The maximum atomic E-state index is 13.5. The number of benzene rings is 2. The Hall–Kier alpha value is -3.44. The Morgan fingerprint density at radius 1 is 1.00 bits per heavy atom. The number of hydrogen-bond acceptors (Lipinski definition) is 4. The lowest BCUT2D eigenvalue weighted by Gasteiger charge is -2.30. The van der Waals surface area contributed by atoms with Gasteiger partial charge in [0.15, 0.2) is 4.80 Å². The van der Waals surface area contributed by atoms with Crippen LogP contribution in [0.1, 0.15) is 34.9 Å². The van der Waals surface area contributed by atoms with E-state index >= 15 is 0 Å². The van der Waals surface area contributed by atoms with Crippen molar-refractivity contribution in [3.05, 3.63) is 121 Å². The van der Waals surface area contributed by atoms with E-state index < -0.39 is 0 Å². The normalized spacial score (nSPS) is 17.9. The number of fused-ring (bicyclic) bond motifs is 3. The first-order valence-electron chi connectivity index (χ1n) is 10.0. The Labute approximate surface area is 176 Å². The fourth-order valence-corrected chi connectivity index (χ4v) is 5.44. The molecule has 0 bridgehead atoms. The molecule has 146 valence electrons. The highest BCUT2D eigenvalue weighted by Crippen LogP contribution is 2.41. The van der Waals surface area contributed by atoms with E-state index in [0.717, 1.165) is 28.9 Å². The van der Waals surface area contributed by atoms with Crippen LogP contribution in [0.5, 0.6) is 0 Å². The Morgan fingerprint density at radius 2 is 1.83 bits per heavy atom. The first-order valence-corrected chi connectivity index (χ1v) is 10.8. The molecule has 4 nitrogen and oxygen atoms in total. The maximum Gasteiger partial charge on any atom is 0.271 e. The van der Waals surface area contributed by atoms with Gasteiger partial charge in [0.1, 0.15) is 5.76 Å². The van der Waals surface area contributed by atoms with Gasteiger partial charge in [-0.05, 0) is 41.7 Å². The molecule has 1 aliphatic carbocycles. The van der Waals surface area contributed by atoms with E-state index in [1.54, 1.807) is 6.26 Å². The third-order valence-electron chi connectivity index (χ3n) is 5.80. The van der Waals surface area contributed by atoms with E-state index in [-0.39, 0.29) is 11.6 Å². The topological polar surface area (TPSA) is 47.5 Å². The molecule has 1 aliphatic heterocycles. The van der Waals surface area contributed by atoms with Gasteiger partial charge in [0.25, 0.3) is 5.56 Å². The third-order valence-corrected chi connectivity index (χ3v) is 6.79. The largest absolute Gasteiger partial charge is 0.465 e. The molecule has 0 radical (unpaired) electrons. The molecular formula is C25H18N2O2S. The van der Waals surface area contributed by atoms with Crippen LogP contribution in [0.2, 0.25) is 0 Å². The van der Waals surface area contributed by atoms with Crippen molar-refractivity contribution in [3.63, 3.8) is 0 Å². The zero-order valence-corrected chi connectivity index (χ0v) is 16.9. The minimum atomic E-state index is -0.135. The van der Waals surface area contributed by atoms with Gasteiger partial charge in [0.05, 0.1) is 22.5 Å². The van der Waals surface area contributed by atoms with Crippen molar-refractivity contribution in [3.8, 4) is 0 Å². The summed E-state index contributed by atoms with van der Waals surface area (Å²) < 4.78 is 7.94. The second-order valence-electron chi connectivity index (χ2n) is 7.54. The zero-order chi connectivity index (χ0) is 20.1. The molecule has 0 N–H and O–H groups in total. The van der Waals surface area contributed by atoms with E-state index in [2.05, 4.69) is 36.4 Å². The van der Waals surface area contributed by atoms with Crippen molar-refractivity contribution < 1.29 is 4.42 Å². The molecule has 2 aromatic heterocycles. The fourth-order valence-electron chi connectivity index (χ4n) is 4.46. The molecule has 5 heteroatoms. The number of allylic oxidation sites excluding steroid dienone is 1. The summed E-state index contributed by atoms with van der Waals surface area (Å²) in [5.74, 6) is 0.672. The van der Waals surface area contributed by atoms with Gasteiger partial charge in [-0.2, -0.15) is 0 Å². The Bertz CT molecular complexity index is 1460. The molecule has 0 fully saturated rings. The number of thiazole rings is 1. The quantitative estimate of drug-likeness (QED) is 0.503.